The van der Waals surface area contributed by atoms with E-state index in [0.717, 1.165) is 16.1 Å². The predicted molar refractivity (Wildman–Crippen MR) is 64.0 cm³/mol. The predicted octanol–water partition coefficient (Wildman–Crippen LogP) is 0.318. The molecule has 6 nitrogen and oxygen atoms in total. The minimum atomic E-state index is -3.60. The van der Waals surface area contributed by atoms with E-state index in [1.165, 1.54) is 0 Å². The topological polar surface area (TPSA) is 95.7 Å². The van der Waals surface area contributed by atoms with E-state index < -0.39 is 10.2 Å². The van der Waals surface area contributed by atoms with E-state index in [9.17, 15) is 8.42 Å². The highest BCUT2D eigenvalue weighted by Crippen LogP contribution is 2.12. The first-order chi connectivity index (χ1) is 7.97. The number of benzene rings is 1. The molecule has 4 N–H and O–H groups in total. The number of aliphatic hydroxyl groups excluding tert-OH is 1. The molecule has 0 unspecified atom stereocenters. The van der Waals surface area contributed by atoms with Gasteiger partial charge in [-0.05, 0) is 24.1 Å². The van der Waals surface area contributed by atoms with Crippen LogP contribution in [0.25, 0.3) is 0 Å². The van der Waals surface area contributed by atoms with Crippen LogP contribution in [-0.4, -0.2) is 24.4 Å². The SMILES string of the molecule is Nc1ccc(CCN2C=C(O)NS2(=O)=O)cc1. The van der Waals surface area contributed by atoms with Crippen LogP contribution in [0.15, 0.2) is 36.3 Å². The molecule has 1 aromatic carbocycles. The van der Waals surface area contributed by atoms with Crippen molar-refractivity contribution in [3.05, 3.63) is 41.9 Å². The van der Waals surface area contributed by atoms with Gasteiger partial charge in [0.2, 0.25) is 5.88 Å². The number of nitrogens with two attached hydrogens (primary N) is 1. The summed E-state index contributed by atoms with van der Waals surface area (Å²) in [7, 11) is -3.60. The molecule has 2 rings (SSSR count). The molecule has 1 heterocycles. The molecule has 0 atom stereocenters. The summed E-state index contributed by atoms with van der Waals surface area (Å²) in [5.41, 5.74) is 7.20. The molecule has 7 heteroatoms. The Morgan fingerprint density at radius 3 is 2.47 bits per heavy atom. The number of nitrogens with zero attached hydrogens (tertiary/aromatic N) is 1. The summed E-state index contributed by atoms with van der Waals surface area (Å²) >= 11 is 0. The molecule has 0 saturated heterocycles. The van der Waals surface area contributed by atoms with Gasteiger partial charge in [0, 0.05) is 12.2 Å². The number of nitrogen functional groups attached to an aromatic ring is 1. The largest absolute Gasteiger partial charge is 0.493 e. The lowest BCUT2D eigenvalue weighted by Gasteiger charge is -2.13. The Bertz CT molecular complexity index is 536. The van der Waals surface area contributed by atoms with Gasteiger partial charge in [-0.15, -0.1) is 0 Å². The van der Waals surface area contributed by atoms with Crippen LogP contribution in [0.1, 0.15) is 5.56 Å². The van der Waals surface area contributed by atoms with Crippen molar-refractivity contribution in [1.29, 1.82) is 0 Å². The summed E-state index contributed by atoms with van der Waals surface area (Å²) in [4.78, 5) is 0. The maximum absolute atomic E-state index is 11.4. The summed E-state index contributed by atoms with van der Waals surface area (Å²) in [6.07, 6.45) is 1.71. The average molecular weight is 255 g/mol. The zero-order valence-electron chi connectivity index (χ0n) is 9.00. The molecular formula is C10H13N3O3S. The maximum atomic E-state index is 11.4. The van der Waals surface area contributed by atoms with Crippen molar-refractivity contribution >= 4 is 15.9 Å². The van der Waals surface area contributed by atoms with Gasteiger partial charge in [-0.3, -0.25) is 4.31 Å². The van der Waals surface area contributed by atoms with Crippen LogP contribution < -0.4 is 10.5 Å². The van der Waals surface area contributed by atoms with Gasteiger partial charge in [0.15, 0.2) is 0 Å². The third kappa shape index (κ3) is 2.62. The molecule has 0 saturated carbocycles. The van der Waals surface area contributed by atoms with Crippen LogP contribution in [0.4, 0.5) is 5.69 Å². The van der Waals surface area contributed by atoms with Crippen LogP contribution in [0.2, 0.25) is 0 Å². The summed E-state index contributed by atoms with van der Waals surface area (Å²) < 4.78 is 25.9. The number of hydrogen-bond acceptors (Lipinski definition) is 4. The van der Waals surface area contributed by atoms with Gasteiger partial charge in [-0.1, -0.05) is 12.1 Å². The van der Waals surface area contributed by atoms with E-state index in [-0.39, 0.29) is 12.4 Å². The standard InChI is InChI=1S/C10H13N3O3S/c11-9-3-1-8(2-4-9)5-6-13-7-10(14)12-17(13,15)16/h1-4,7,12,14H,5-6,11H2. The lowest BCUT2D eigenvalue weighted by Crippen LogP contribution is -2.31. The summed E-state index contributed by atoms with van der Waals surface area (Å²) in [6.45, 7) is 0.267. The van der Waals surface area contributed by atoms with Crippen molar-refractivity contribution in [3.8, 4) is 0 Å². The quantitative estimate of drug-likeness (QED) is 0.678. The van der Waals surface area contributed by atoms with Crippen LogP contribution >= 0.6 is 0 Å². The Kier molecular flexibility index (Phi) is 2.84. The van der Waals surface area contributed by atoms with E-state index in [1.54, 1.807) is 12.1 Å². The van der Waals surface area contributed by atoms with Gasteiger partial charge in [0.05, 0.1) is 6.20 Å². The number of hydrogen-bond donors (Lipinski definition) is 3. The molecular weight excluding hydrogens is 242 g/mol. The Morgan fingerprint density at radius 2 is 1.94 bits per heavy atom. The van der Waals surface area contributed by atoms with E-state index in [4.69, 9.17) is 10.8 Å². The Morgan fingerprint density at radius 1 is 1.29 bits per heavy atom. The molecule has 0 aromatic heterocycles. The van der Waals surface area contributed by atoms with Crippen LogP contribution in [0.5, 0.6) is 0 Å². The van der Waals surface area contributed by atoms with Crippen LogP contribution in [0, 0.1) is 0 Å². The summed E-state index contributed by atoms with van der Waals surface area (Å²) in [5, 5.41) is 9.08. The van der Waals surface area contributed by atoms with E-state index >= 15 is 0 Å². The van der Waals surface area contributed by atoms with Crippen molar-refractivity contribution in [3.63, 3.8) is 0 Å². The fourth-order valence-corrected chi connectivity index (χ4v) is 2.54. The Hall–Kier alpha value is -1.89. The highest BCUT2D eigenvalue weighted by atomic mass is 32.2. The number of anilines is 1. The smallest absolute Gasteiger partial charge is 0.325 e. The van der Waals surface area contributed by atoms with Crippen LogP contribution in [-0.2, 0) is 16.6 Å². The third-order valence-corrected chi connectivity index (χ3v) is 3.78. The fraction of sp³-hybridized carbons (Fsp3) is 0.200. The minimum absolute atomic E-state index is 0.267. The van der Waals surface area contributed by atoms with Crippen molar-refractivity contribution in [2.75, 3.05) is 12.3 Å². The molecule has 0 amide bonds. The molecule has 1 aliphatic rings. The first kappa shape index (κ1) is 11.6. The monoisotopic (exact) mass is 255 g/mol. The first-order valence-corrected chi connectivity index (χ1v) is 6.46. The molecule has 1 aromatic rings. The van der Waals surface area contributed by atoms with Gasteiger partial charge in [0.25, 0.3) is 0 Å². The summed E-state index contributed by atoms with van der Waals surface area (Å²) in [5.74, 6) is -0.359. The fourth-order valence-electron chi connectivity index (χ4n) is 1.53. The first-order valence-electron chi connectivity index (χ1n) is 5.02. The molecule has 0 bridgehead atoms. The lowest BCUT2D eigenvalue weighted by molar-refractivity contribution is 0.390. The Balaban J connectivity index is 2.01. The summed E-state index contributed by atoms with van der Waals surface area (Å²) in [6, 6.07) is 7.21. The Labute approximate surface area is 99.5 Å². The molecule has 0 fully saturated rings. The second kappa shape index (κ2) is 4.17. The van der Waals surface area contributed by atoms with Crippen molar-refractivity contribution in [2.45, 2.75) is 6.42 Å². The average Bonchev–Trinajstić information content (AvgIpc) is 2.51. The van der Waals surface area contributed by atoms with Gasteiger partial charge in [-0.2, -0.15) is 8.42 Å². The van der Waals surface area contributed by atoms with Gasteiger partial charge < -0.3 is 10.8 Å². The number of nitrogens with one attached hydrogen (secondary N) is 1. The number of aliphatic hydroxyl groups is 1. The van der Waals surface area contributed by atoms with Crippen LogP contribution in [0.3, 0.4) is 0 Å². The van der Waals surface area contributed by atoms with Crippen molar-refractivity contribution < 1.29 is 13.5 Å². The van der Waals surface area contributed by atoms with E-state index in [1.807, 2.05) is 16.9 Å². The normalized spacial score (nSPS) is 17.6. The lowest BCUT2D eigenvalue weighted by atomic mass is 10.1. The highest BCUT2D eigenvalue weighted by molar-refractivity contribution is 7.87. The second-order valence-electron chi connectivity index (χ2n) is 3.72. The van der Waals surface area contributed by atoms with Gasteiger partial charge in [-0.25, -0.2) is 4.72 Å². The minimum Gasteiger partial charge on any atom is -0.493 e. The molecule has 1 aliphatic heterocycles. The molecule has 0 spiro atoms. The maximum Gasteiger partial charge on any atom is 0.325 e. The zero-order chi connectivity index (χ0) is 12.5. The third-order valence-electron chi connectivity index (χ3n) is 2.41. The van der Waals surface area contributed by atoms with E-state index in [0.29, 0.717) is 12.1 Å². The molecule has 0 aliphatic carbocycles. The second-order valence-corrected chi connectivity index (χ2v) is 5.35. The van der Waals surface area contributed by atoms with Crippen molar-refractivity contribution in [1.82, 2.24) is 9.03 Å². The van der Waals surface area contributed by atoms with Gasteiger partial charge >= 0.3 is 10.2 Å². The highest BCUT2D eigenvalue weighted by Gasteiger charge is 2.26. The molecule has 17 heavy (non-hydrogen) atoms. The van der Waals surface area contributed by atoms with Crippen molar-refractivity contribution in [2.24, 2.45) is 0 Å². The zero-order valence-corrected chi connectivity index (χ0v) is 9.81. The number of rotatable bonds is 3. The molecule has 0 radical (unpaired) electrons. The van der Waals surface area contributed by atoms with Gasteiger partial charge in [0.1, 0.15) is 0 Å². The molecule has 92 valence electrons. The van der Waals surface area contributed by atoms with E-state index in [2.05, 4.69) is 0 Å².